The van der Waals surface area contributed by atoms with Gasteiger partial charge in [-0.25, -0.2) is 0 Å². The smallest absolute Gasteiger partial charge is 0.318 e. The zero-order valence-corrected chi connectivity index (χ0v) is 33.7. The molecule has 2 saturated heterocycles. The van der Waals surface area contributed by atoms with Gasteiger partial charge in [-0.2, -0.15) is 15.2 Å². The zero-order valence-electron chi connectivity index (χ0n) is 33.0. The molecule has 0 bridgehead atoms. The molecule has 3 aliphatic heterocycles. The number of hydrogen-bond acceptors (Lipinski definition) is 9. The first kappa shape index (κ1) is 41.5. The van der Waals surface area contributed by atoms with Crippen LogP contribution in [0.4, 0.5) is 11.5 Å². The van der Waals surface area contributed by atoms with Crippen LogP contribution < -0.4 is 14.5 Å². The molecule has 7 rings (SSSR count). The van der Waals surface area contributed by atoms with E-state index in [1.54, 1.807) is 6.07 Å². The minimum Gasteiger partial charge on any atom is -0.462 e. The van der Waals surface area contributed by atoms with Crippen molar-refractivity contribution in [1.82, 2.24) is 19.8 Å². The van der Waals surface area contributed by atoms with Crippen molar-refractivity contribution in [2.45, 2.75) is 72.6 Å². The van der Waals surface area contributed by atoms with E-state index < -0.39 is 0 Å². The Kier molecular flexibility index (Phi) is 15.7. The molecule has 0 radical (unpaired) electrons. The molecule has 3 aliphatic rings. The number of nitriles is 1. The highest BCUT2D eigenvalue weighted by Gasteiger charge is 2.30. The molecule has 0 saturated carbocycles. The number of piperazine rings is 1. The number of nitrogens with zero attached hydrogens (tertiary/aromatic N) is 7. The molecule has 1 atom stereocenters. The predicted molar refractivity (Wildman–Crippen MR) is 223 cm³/mol. The topological polar surface area (TPSA) is 98.1 Å². The first-order valence-corrected chi connectivity index (χ1v) is 20.1. The lowest BCUT2D eigenvalue weighted by molar-refractivity contribution is -0.126. The number of carbonyl (C=O) groups excluding carboxylic acids is 1. The second-order valence-electron chi connectivity index (χ2n) is 13.8. The summed E-state index contributed by atoms with van der Waals surface area (Å²) in [7, 11) is 0. The summed E-state index contributed by atoms with van der Waals surface area (Å²) in [6.07, 6.45) is 5.44. The van der Waals surface area contributed by atoms with E-state index >= 15 is 0 Å². The Morgan fingerprint density at radius 3 is 2.51 bits per heavy atom. The number of anilines is 2. The monoisotopic (exact) mass is 765 g/mol. The van der Waals surface area contributed by atoms with Crippen molar-refractivity contribution in [3.05, 3.63) is 101 Å². The van der Waals surface area contributed by atoms with Crippen LogP contribution in [-0.4, -0.2) is 90.7 Å². The number of hydrogen-bond donors (Lipinski definition) is 0. The highest BCUT2D eigenvalue weighted by atomic mass is 35.5. The largest absolute Gasteiger partial charge is 0.462 e. The maximum absolute atomic E-state index is 12.3. The van der Waals surface area contributed by atoms with Crippen molar-refractivity contribution < 1.29 is 14.3 Å². The van der Waals surface area contributed by atoms with Crippen LogP contribution in [0.15, 0.2) is 73.3 Å². The molecule has 2 fully saturated rings. The lowest BCUT2D eigenvalue weighted by Gasteiger charge is -2.38. The summed E-state index contributed by atoms with van der Waals surface area (Å²) in [5.74, 6) is 0.905. The van der Waals surface area contributed by atoms with Gasteiger partial charge < -0.3 is 24.2 Å². The molecule has 1 amide bonds. The maximum Gasteiger partial charge on any atom is 0.318 e. The number of rotatable bonds is 12. The fourth-order valence-electron chi connectivity index (χ4n) is 7.64. The van der Waals surface area contributed by atoms with Crippen molar-refractivity contribution in [3.8, 4) is 12.1 Å². The molecule has 0 aliphatic carbocycles. The van der Waals surface area contributed by atoms with Gasteiger partial charge in [0.2, 0.25) is 5.91 Å². The van der Waals surface area contributed by atoms with Gasteiger partial charge in [-0.1, -0.05) is 86.1 Å². The molecule has 4 heterocycles. The Morgan fingerprint density at radius 1 is 1.02 bits per heavy atom. The normalized spacial score (nSPS) is 16.7. The van der Waals surface area contributed by atoms with Crippen LogP contribution in [0.25, 0.3) is 10.8 Å². The van der Waals surface area contributed by atoms with Gasteiger partial charge in [0.25, 0.3) is 0 Å². The molecule has 1 aromatic heterocycles. The highest BCUT2D eigenvalue weighted by molar-refractivity contribution is 6.36. The van der Waals surface area contributed by atoms with E-state index in [2.05, 4.69) is 76.7 Å². The van der Waals surface area contributed by atoms with Crippen LogP contribution in [0.5, 0.6) is 6.01 Å². The Labute approximate surface area is 332 Å². The van der Waals surface area contributed by atoms with Gasteiger partial charge in [0, 0.05) is 75.5 Å². The Balaban J connectivity index is 0.00000111. The predicted octanol–water partition coefficient (Wildman–Crippen LogP) is 8.00. The number of likely N-dealkylation sites (tertiary alicyclic amines) is 1. The van der Waals surface area contributed by atoms with Crippen molar-refractivity contribution in [2.75, 3.05) is 68.8 Å². The number of ether oxygens (including phenoxy) is 2. The van der Waals surface area contributed by atoms with Gasteiger partial charge in [-0.3, -0.25) is 9.69 Å². The number of aromatic nitrogens is 2. The van der Waals surface area contributed by atoms with Gasteiger partial charge in [0.15, 0.2) is 0 Å². The standard InChI is InChI=1S/C40H47ClN6O3.C2H3N.C2H6/c1-3-37(48)45-20-22-46(23-21-45)39-33-16-19-47(36-15-6-12-31-11-5-14-34(41)38(31)36)26-35(33)42-40(43-39)50-28-32-13-7-17-44(32)18-8-24-49-27-30-10-4-9-29(2)25-30;1-2-3;1-2/h3-6,9-12,14-15,25,32H,1,7-8,13,16-24,26-28H2,2H3;1H3;1-2H3. The fourth-order valence-corrected chi connectivity index (χ4v) is 7.92. The van der Waals surface area contributed by atoms with Gasteiger partial charge >= 0.3 is 6.01 Å². The minimum absolute atomic E-state index is 0.0262. The van der Waals surface area contributed by atoms with E-state index in [-0.39, 0.29) is 5.91 Å². The average Bonchev–Trinajstić information content (AvgIpc) is 3.67. The number of benzene rings is 3. The van der Waals surface area contributed by atoms with Crippen molar-refractivity contribution in [3.63, 3.8) is 0 Å². The first-order valence-electron chi connectivity index (χ1n) is 19.7. The van der Waals surface area contributed by atoms with Crippen molar-refractivity contribution in [1.29, 1.82) is 5.26 Å². The molecule has 1 unspecified atom stereocenters. The Morgan fingerprint density at radius 2 is 1.76 bits per heavy atom. The van der Waals surface area contributed by atoms with E-state index in [0.717, 1.165) is 90.5 Å². The number of aryl methyl sites for hydroxylation is 1. The van der Waals surface area contributed by atoms with E-state index in [9.17, 15) is 4.79 Å². The summed E-state index contributed by atoms with van der Waals surface area (Å²) in [4.78, 5) is 31.5. The van der Waals surface area contributed by atoms with E-state index in [1.807, 2.05) is 30.9 Å². The molecular formula is C44H56ClN7O3. The number of amides is 1. The fraction of sp³-hybridized carbons (Fsp3) is 0.455. The van der Waals surface area contributed by atoms with E-state index in [4.69, 9.17) is 36.3 Å². The molecule has 0 N–H and O–H groups in total. The summed E-state index contributed by atoms with van der Waals surface area (Å²) in [6, 6.07) is 23.4. The Hall–Kier alpha value is -4.69. The van der Waals surface area contributed by atoms with E-state index in [1.165, 1.54) is 24.1 Å². The molecular weight excluding hydrogens is 710 g/mol. The van der Waals surface area contributed by atoms with Gasteiger partial charge in [0.1, 0.15) is 12.4 Å². The lowest BCUT2D eigenvalue weighted by Crippen LogP contribution is -2.49. The van der Waals surface area contributed by atoms with Crippen LogP contribution in [0, 0.1) is 18.3 Å². The quantitative estimate of drug-likeness (QED) is 0.105. The van der Waals surface area contributed by atoms with Crippen LogP contribution in [0.2, 0.25) is 5.02 Å². The van der Waals surface area contributed by atoms with Crippen LogP contribution in [-0.2, 0) is 29.1 Å². The van der Waals surface area contributed by atoms with Crippen molar-refractivity contribution in [2.24, 2.45) is 0 Å². The van der Waals surface area contributed by atoms with Gasteiger partial charge in [0.05, 0.1) is 29.9 Å². The van der Waals surface area contributed by atoms with Crippen LogP contribution >= 0.6 is 11.6 Å². The molecule has 3 aromatic carbocycles. The van der Waals surface area contributed by atoms with Crippen molar-refractivity contribution >= 4 is 39.8 Å². The zero-order chi connectivity index (χ0) is 39.2. The molecule has 11 heteroatoms. The number of fused-ring (bicyclic) bond motifs is 2. The molecule has 55 heavy (non-hydrogen) atoms. The second kappa shape index (κ2) is 20.8. The number of halogens is 1. The van der Waals surface area contributed by atoms with Crippen LogP contribution in [0.3, 0.4) is 0 Å². The third-order valence-corrected chi connectivity index (χ3v) is 10.6. The summed E-state index contributed by atoms with van der Waals surface area (Å²) in [5.41, 5.74) is 5.74. The van der Waals surface area contributed by atoms with Crippen LogP contribution in [0.1, 0.15) is 62.4 Å². The van der Waals surface area contributed by atoms with E-state index in [0.29, 0.717) is 58.0 Å². The Bertz CT molecular complexity index is 1920. The molecule has 10 nitrogen and oxygen atoms in total. The van der Waals surface area contributed by atoms with Gasteiger partial charge in [-0.15, -0.1) is 0 Å². The first-order chi connectivity index (χ1) is 26.9. The molecule has 292 valence electrons. The molecule has 0 spiro atoms. The second-order valence-corrected chi connectivity index (χ2v) is 14.2. The summed E-state index contributed by atoms with van der Waals surface area (Å²) in [6.45, 7) is 19.3. The number of carbonyl (C=O) groups is 1. The molecule has 4 aromatic rings. The summed E-state index contributed by atoms with van der Waals surface area (Å²) in [5, 5.41) is 10.3. The maximum atomic E-state index is 12.3. The minimum atomic E-state index is -0.0262. The highest BCUT2D eigenvalue weighted by Crippen LogP contribution is 2.37. The SMILES string of the molecule is C=CC(=O)N1CCN(c2nc(OCC3CCCN3CCCOCc3cccc(C)c3)nc3c2CCN(c2cccc4cccc(Cl)c24)C3)CC1.CC.CC#N. The van der Waals surface area contributed by atoms with Gasteiger partial charge in [-0.05, 0) is 68.3 Å². The average molecular weight is 766 g/mol. The lowest BCUT2D eigenvalue weighted by atomic mass is 10.0. The summed E-state index contributed by atoms with van der Waals surface area (Å²) >= 11 is 6.75. The third-order valence-electron chi connectivity index (χ3n) is 10.2. The summed E-state index contributed by atoms with van der Waals surface area (Å²) < 4.78 is 12.5. The third kappa shape index (κ3) is 10.8.